The monoisotopic (exact) mass is 372 g/mol. The molecule has 26 heavy (non-hydrogen) atoms. The molecule has 0 aliphatic carbocycles. The van der Waals surface area contributed by atoms with Crippen LogP contribution in [0.5, 0.6) is 5.75 Å². The Kier molecular flexibility index (Phi) is 4.82. The molecule has 0 unspecified atom stereocenters. The van der Waals surface area contributed by atoms with Gasteiger partial charge in [-0.2, -0.15) is 0 Å². The molecule has 0 aliphatic rings. The summed E-state index contributed by atoms with van der Waals surface area (Å²) < 4.78 is 11.3. The third-order valence-electron chi connectivity index (χ3n) is 3.88. The summed E-state index contributed by atoms with van der Waals surface area (Å²) in [5.74, 6) is 0.469. The van der Waals surface area contributed by atoms with Crippen molar-refractivity contribution < 1.29 is 19.2 Å². The standard InChI is InChI=1S/C19H20N2O4S/c1-9(2)24-15-7-6-13(18-20-11(4)17(26-18)19(22)23)8-14(15)16-10(3)21-25-12(16)5/h6-9H,1-5H3,(H,22,23). The van der Waals surface area contributed by atoms with Gasteiger partial charge in [-0.1, -0.05) is 5.16 Å². The molecular formula is C19H20N2O4S. The van der Waals surface area contributed by atoms with Crippen LogP contribution >= 0.6 is 11.3 Å². The number of nitrogens with zero attached hydrogens (tertiary/aromatic N) is 2. The van der Waals surface area contributed by atoms with E-state index in [4.69, 9.17) is 9.26 Å². The van der Waals surface area contributed by atoms with Gasteiger partial charge in [-0.05, 0) is 52.8 Å². The topological polar surface area (TPSA) is 85.5 Å². The van der Waals surface area contributed by atoms with E-state index in [1.54, 1.807) is 6.92 Å². The minimum Gasteiger partial charge on any atom is -0.490 e. The second-order valence-electron chi connectivity index (χ2n) is 6.32. The molecule has 7 heteroatoms. The van der Waals surface area contributed by atoms with Gasteiger partial charge < -0.3 is 14.4 Å². The van der Waals surface area contributed by atoms with Gasteiger partial charge in [0.25, 0.3) is 0 Å². The van der Waals surface area contributed by atoms with Gasteiger partial charge in [0.2, 0.25) is 0 Å². The van der Waals surface area contributed by atoms with Crippen molar-refractivity contribution in [3.05, 3.63) is 40.2 Å². The molecule has 0 fully saturated rings. The van der Waals surface area contributed by atoms with E-state index >= 15 is 0 Å². The molecule has 0 radical (unpaired) electrons. The minimum atomic E-state index is -0.961. The third-order valence-corrected chi connectivity index (χ3v) is 5.08. The molecule has 0 bridgehead atoms. The Hall–Kier alpha value is -2.67. The van der Waals surface area contributed by atoms with E-state index in [1.165, 1.54) is 0 Å². The number of thiazole rings is 1. The smallest absolute Gasteiger partial charge is 0.347 e. The van der Waals surface area contributed by atoms with Crippen LogP contribution in [0.1, 0.15) is 40.7 Å². The average Bonchev–Trinajstić information content (AvgIpc) is 3.10. The van der Waals surface area contributed by atoms with Crippen LogP contribution in [0.4, 0.5) is 0 Å². The third kappa shape index (κ3) is 3.35. The number of rotatable bonds is 5. The summed E-state index contributed by atoms with van der Waals surface area (Å²) in [6, 6.07) is 5.73. The van der Waals surface area contributed by atoms with Crippen molar-refractivity contribution >= 4 is 17.3 Å². The summed E-state index contributed by atoms with van der Waals surface area (Å²) in [7, 11) is 0. The molecule has 0 aliphatic heterocycles. The highest BCUT2D eigenvalue weighted by Crippen LogP contribution is 2.39. The van der Waals surface area contributed by atoms with Crippen LogP contribution in [0.15, 0.2) is 22.7 Å². The van der Waals surface area contributed by atoms with Crippen LogP contribution in [0.2, 0.25) is 0 Å². The average molecular weight is 372 g/mol. The van der Waals surface area contributed by atoms with Crippen LogP contribution < -0.4 is 4.74 Å². The van der Waals surface area contributed by atoms with Gasteiger partial charge in [0.1, 0.15) is 21.4 Å². The summed E-state index contributed by atoms with van der Waals surface area (Å²) in [5, 5.41) is 14.0. The van der Waals surface area contributed by atoms with Gasteiger partial charge in [-0.3, -0.25) is 0 Å². The molecule has 6 nitrogen and oxygen atoms in total. The molecule has 0 amide bonds. The first-order valence-corrected chi connectivity index (χ1v) is 9.04. The predicted octanol–water partition coefficient (Wildman–Crippen LogP) is 4.88. The van der Waals surface area contributed by atoms with Gasteiger partial charge >= 0.3 is 5.97 Å². The van der Waals surface area contributed by atoms with Gasteiger partial charge in [0.05, 0.1) is 23.1 Å². The highest BCUT2D eigenvalue weighted by molar-refractivity contribution is 7.17. The Balaban J connectivity index is 2.17. The van der Waals surface area contributed by atoms with Crippen molar-refractivity contribution in [2.75, 3.05) is 0 Å². The number of carboxylic acid groups (broad SMARTS) is 1. The van der Waals surface area contributed by atoms with Crippen molar-refractivity contribution in [1.82, 2.24) is 10.1 Å². The van der Waals surface area contributed by atoms with Crippen molar-refractivity contribution in [2.45, 2.75) is 40.7 Å². The number of carbonyl (C=O) groups is 1. The first-order chi connectivity index (χ1) is 12.3. The number of ether oxygens (including phenoxy) is 1. The van der Waals surface area contributed by atoms with E-state index in [-0.39, 0.29) is 11.0 Å². The fraction of sp³-hybridized carbons (Fsp3) is 0.316. The summed E-state index contributed by atoms with van der Waals surface area (Å²) in [4.78, 5) is 16.0. The summed E-state index contributed by atoms with van der Waals surface area (Å²) in [5.41, 5.74) is 3.86. The summed E-state index contributed by atoms with van der Waals surface area (Å²) in [6.45, 7) is 9.38. The van der Waals surface area contributed by atoms with Crippen LogP contribution in [0.25, 0.3) is 21.7 Å². The van der Waals surface area contributed by atoms with E-state index in [1.807, 2.05) is 45.9 Å². The lowest BCUT2D eigenvalue weighted by molar-refractivity contribution is 0.0701. The molecule has 0 spiro atoms. The lowest BCUT2D eigenvalue weighted by Crippen LogP contribution is -2.06. The Morgan fingerprint density at radius 1 is 1.23 bits per heavy atom. The molecule has 2 heterocycles. The van der Waals surface area contributed by atoms with Crippen LogP contribution in [0, 0.1) is 20.8 Å². The number of hydrogen-bond donors (Lipinski definition) is 1. The van der Waals surface area contributed by atoms with Crippen LogP contribution in [-0.2, 0) is 0 Å². The maximum atomic E-state index is 11.3. The van der Waals surface area contributed by atoms with Crippen molar-refractivity contribution in [1.29, 1.82) is 0 Å². The molecular weight excluding hydrogens is 352 g/mol. The van der Waals surface area contributed by atoms with E-state index in [2.05, 4.69) is 10.1 Å². The Morgan fingerprint density at radius 2 is 1.96 bits per heavy atom. The number of aromatic carboxylic acids is 1. The molecule has 3 rings (SSSR count). The molecule has 0 atom stereocenters. The Morgan fingerprint density at radius 3 is 2.50 bits per heavy atom. The number of carboxylic acids is 1. The number of aryl methyl sites for hydroxylation is 3. The fourth-order valence-electron chi connectivity index (χ4n) is 2.80. The first-order valence-electron chi connectivity index (χ1n) is 8.23. The quantitative estimate of drug-likeness (QED) is 0.687. The largest absolute Gasteiger partial charge is 0.490 e. The SMILES string of the molecule is Cc1nc(-c2ccc(OC(C)C)c(-c3c(C)noc3C)c2)sc1C(=O)O. The second-order valence-corrected chi connectivity index (χ2v) is 7.31. The number of benzene rings is 1. The molecule has 3 aromatic rings. The predicted molar refractivity (Wildman–Crippen MR) is 100.0 cm³/mol. The molecule has 0 saturated heterocycles. The molecule has 136 valence electrons. The van der Waals surface area contributed by atoms with E-state index in [9.17, 15) is 9.90 Å². The zero-order valence-electron chi connectivity index (χ0n) is 15.3. The lowest BCUT2D eigenvalue weighted by Gasteiger charge is -2.15. The van der Waals surface area contributed by atoms with Crippen molar-refractivity contribution in [2.24, 2.45) is 0 Å². The highest BCUT2D eigenvalue weighted by atomic mass is 32.1. The Labute approximate surface area is 155 Å². The fourth-order valence-corrected chi connectivity index (χ4v) is 3.70. The highest BCUT2D eigenvalue weighted by Gasteiger charge is 2.20. The van der Waals surface area contributed by atoms with Gasteiger partial charge in [-0.25, -0.2) is 9.78 Å². The molecule has 1 aromatic carbocycles. The zero-order chi connectivity index (χ0) is 19.0. The van der Waals surface area contributed by atoms with E-state index in [0.717, 1.165) is 39.5 Å². The van der Waals surface area contributed by atoms with E-state index < -0.39 is 5.97 Å². The zero-order valence-corrected chi connectivity index (χ0v) is 16.1. The van der Waals surface area contributed by atoms with Crippen molar-refractivity contribution in [3.8, 4) is 27.4 Å². The number of hydrogen-bond acceptors (Lipinski definition) is 6. The van der Waals surface area contributed by atoms with Gasteiger partial charge in [0, 0.05) is 11.1 Å². The summed E-state index contributed by atoms with van der Waals surface area (Å²) in [6.07, 6.45) is 0.0146. The van der Waals surface area contributed by atoms with E-state index in [0.29, 0.717) is 16.5 Å². The normalized spacial score (nSPS) is 11.2. The van der Waals surface area contributed by atoms with Crippen LogP contribution in [-0.4, -0.2) is 27.3 Å². The maximum Gasteiger partial charge on any atom is 0.347 e. The second kappa shape index (κ2) is 6.92. The summed E-state index contributed by atoms with van der Waals surface area (Å²) >= 11 is 1.16. The molecule has 2 aromatic heterocycles. The van der Waals surface area contributed by atoms with Gasteiger partial charge in [0.15, 0.2) is 0 Å². The number of aromatic nitrogens is 2. The molecule has 1 N–H and O–H groups in total. The van der Waals surface area contributed by atoms with Crippen LogP contribution in [0.3, 0.4) is 0 Å². The first kappa shape index (κ1) is 18.1. The van der Waals surface area contributed by atoms with Gasteiger partial charge in [-0.15, -0.1) is 11.3 Å². The minimum absolute atomic E-state index is 0.0146. The molecule has 0 saturated carbocycles. The maximum absolute atomic E-state index is 11.3. The Bertz CT molecular complexity index is 953. The lowest BCUT2D eigenvalue weighted by atomic mass is 10.0. The van der Waals surface area contributed by atoms with Crippen molar-refractivity contribution in [3.63, 3.8) is 0 Å².